The number of benzene rings is 2. The number of unbranched alkanes of at least 4 members (excludes halogenated alkanes) is 2. The lowest BCUT2D eigenvalue weighted by Crippen LogP contribution is -2.62. The normalized spacial score (nSPS) is 23.9. The first-order valence-corrected chi connectivity index (χ1v) is 11.4. The fraction of sp³-hybridized carbons (Fsp3) is 0.520. The van der Waals surface area contributed by atoms with Gasteiger partial charge >= 0.3 is 6.18 Å². The van der Waals surface area contributed by atoms with Crippen LogP contribution in [0.15, 0.2) is 48.5 Å². The van der Waals surface area contributed by atoms with Crippen LogP contribution < -0.4 is 0 Å². The summed E-state index contributed by atoms with van der Waals surface area (Å²) in [6.45, 7) is 0.479. The number of aliphatic hydroxyl groups excluding tert-OH is 4. The van der Waals surface area contributed by atoms with Gasteiger partial charge in [-0.15, -0.1) is 0 Å². The van der Waals surface area contributed by atoms with Crippen LogP contribution in [0.5, 0.6) is 0 Å². The molecular weight excluding hydrogens is 451 g/mol. The first kappa shape index (κ1) is 26.6. The van der Waals surface area contributed by atoms with Gasteiger partial charge in [0.15, 0.2) is 0 Å². The maximum Gasteiger partial charge on any atom is 0.416 e. The number of piperidine rings is 1. The average Bonchev–Trinajstić information content (AvgIpc) is 2.82. The van der Waals surface area contributed by atoms with Crippen LogP contribution in [0, 0.1) is 0 Å². The monoisotopic (exact) mass is 483 g/mol. The molecule has 0 bridgehead atoms. The summed E-state index contributed by atoms with van der Waals surface area (Å²) in [7, 11) is 0. The van der Waals surface area contributed by atoms with Crippen LogP contribution in [0.25, 0.3) is 11.1 Å². The molecule has 1 heterocycles. The lowest BCUT2D eigenvalue weighted by molar-refractivity contribution is -0.145. The van der Waals surface area contributed by atoms with Crippen molar-refractivity contribution >= 4 is 0 Å². The van der Waals surface area contributed by atoms with Gasteiger partial charge in [-0.1, -0.05) is 42.5 Å². The first-order chi connectivity index (χ1) is 16.2. The minimum atomic E-state index is -4.48. The quantitative estimate of drug-likeness (QED) is 0.389. The predicted molar refractivity (Wildman–Crippen MR) is 121 cm³/mol. The van der Waals surface area contributed by atoms with Crippen molar-refractivity contribution in [3.8, 4) is 11.1 Å². The molecule has 1 aliphatic heterocycles. The highest BCUT2D eigenvalue weighted by atomic mass is 19.4. The fourth-order valence-electron chi connectivity index (χ4n) is 4.29. The minimum Gasteiger partial charge on any atom is -0.395 e. The van der Waals surface area contributed by atoms with E-state index in [0.717, 1.165) is 12.5 Å². The van der Waals surface area contributed by atoms with Gasteiger partial charge in [0.05, 0.1) is 30.9 Å². The molecule has 1 fully saturated rings. The van der Waals surface area contributed by atoms with Gasteiger partial charge in [-0.2, -0.15) is 13.2 Å². The molecule has 9 heteroatoms. The summed E-state index contributed by atoms with van der Waals surface area (Å²) >= 11 is 0. The van der Waals surface area contributed by atoms with Crippen LogP contribution in [0.4, 0.5) is 13.2 Å². The Morgan fingerprint density at radius 1 is 0.912 bits per heavy atom. The predicted octanol–water partition coefficient (Wildman–Crippen LogP) is 2.82. The SMILES string of the molecule is OCC1C(O)C(O)C(O)CN1CCCCCOCc1ccc(-c2ccccc2)cc1C(F)(F)F. The minimum absolute atomic E-state index is 0.0906. The topological polar surface area (TPSA) is 93.4 Å². The van der Waals surface area contributed by atoms with Gasteiger partial charge in [-0.05, 0) is 48.6 Å². The highest BCUT2D eigenvalue weighted by Gasteiger charge is 2.40. The van der Waals surface area contributed by atoms with E-state index in [2.05, 4.69) is 0 Å². The molecule has 2 aromatic carbocycles. The largest absolute Gasteiger partial charge is 0.416 e. The number of hydrogen-bond acceptors (Lipinski definition) is 6. The number of alkyl halides is 3. The van der Waals surface area contributed by atoms with Gasteiger partial charge in [0.25, 0.3) is 0 Å². The summed E-state index contributed by atoms with van der Waals surface area (Å²) in [5.74, 6) is 0. The Hall–Kier alpha value is -2.01. The molecular formula is C25H32F3NO5. The van der Waals surface area contributed by atoms with Crippen molar-refractivity contribution in [2.24, 2.45) is 0 Å². The number of ether oxygens (including phenoxy) is 1. The third kappa shape index (κ3) is 6.78. The molecule has 1 aliphatic rings. The van der Waals surface area contributed by atoms with Gasteiger partial charge in [-0.25, -0.2) is 0 Å². The third-order valence-electron chi connectivity index (χ3n) is 6.23. The average molecular weight is 484 g/mol. The summed E-state index contributed by atoms with van der Waals surface area (Å²) in [6, 6.07) is 12.5. The Balaban J connectivity index is 1.46. The van der Waals surface area contributed by atoms with Gasteiger partial charge in [0, 0.05) is 13.2 Å². The Labute approximate surface area is 197 Å². The highest BCUT2D eigenvalue weighted by Crippen LogP contribution is 2.35. The van der Waals surface area contributed by atoms with Crippen LogP contribution in [-0.4, -0.2) is 76.0 Å². The second-order valence-corrected chi connectivity index (χ2v) is 8.64. The molecule has 0 aromatic heterocycles. The number of aliphatic hydroxyl groups is 4. The standard InChI is InChI=1S/C25H32F3NO5/c26-25(27,28)20-13-18(17-7-3-1-4-8-17)9-10-19(20)16-34-12-6-2-5-11-29-14-22(31)24(33)23(32)21(29)15-30/h1,3-4,7-10,13,21-24,30-33H,2,5-6,11-12,14-16H2. The molecule has 0 aliphatic carbocycles. The highest BCUT2D eigenvalue weighted by molar-refractivity contribution is 5.65. The van der Waals surface area contributed by atoms with E-state index in [4.69, 9.17) is 4.74 Å². The molecule has 4 atom stereocenters. The molecule has 6 nitrogen and oxygen atoms in total. The third-order valence-corrected chi connectivity index (χ3v) is 6.23. The second-order valence-electron chi connectivity index (χ2n) is 8.64. The summed E-state index contributed by atoms with van der Waals surface area (Å²) in [4.78, 5) is 1.74. The number of nitrogens with zero attached hydrogens (tertiary/aromatic N) is 1. The second kappa shape index (κ2) is 12.1. The van der Waals surface area contributed by atoms with E-state index < -0.39 is 36.1 Å². The van der Waals surface area contributed by atoms with E-state index in [0.29, 0.717) is 37.1 Å². The van der Waals surface area contributed by atoms with E-state index in [-0.39, 0.29) is 25.3 Å². The molecule has 34 heavy (non-hydrogen) atoms. The molecule has 0 spiro atoms. The Morgan fingerprint density at radius 3 is 2.32 bits per heavy atom. The van der Waals surface area contributed by atoms with Crippen molar-refractivity contribution in [3.63, 3.8) is 0 Å². The number of β-amino-alcohol motifs (C(OH)–C–C–N with tert-alkyl or cyclic N) is 1. The molecule has 0 saturated carbocycles. The van der Waals surface area contributed by atoms with E-state index in [1.165, 1.54) is 6.07 Å². The molecule has 0 radical (unpaired) electrons. The van der Waals surface area contributed by atoms with E-state index in [9.17, 15) is 33.6 Å². The maximum absolute atomic E-state index is 13.6. The molecule has 0 amide bonds. The molecule has 4 unspecified atom stereocenters. The van der Waals surface area contributed by atoms with E-state index >= 15 is 0 Å². The zero-order chi connectivity index (χ0) is 24.7. The summed E-state index contributed by atoms with van der Waals surface area (Å²) < 4.78 is 46.3. The lowest BCUT2D eigenvalue weighted by Gasteiger charge is -2.43. The molecule has 2 aromatic rings. The van der Waals surface area contributed by atoms with Crippen LogP contribution in [0.2, 0.25) is 0 Å². The van der Waals surface area contributed by atoms with Gasteiger partial charge < -0.3 is 25.2 Å². The first-order valence-electron chi connectivity index (χ1n) is 11.4. The van der Waals surface area contributed by atoms with Crippen LogP contribution in [0.3, 0.4) is 0 Å². The fourth-order valence-corrected chi connectivity index (χ4v) is 4.29. The lowest BCUT2D eigenvalue weighted by atomic mass is 9.94. The van der Waals surface area contributed by atoms with Crippen molar-refractivity contribution < 1.29 is 38.3 Å². The Bertz CT molecular complexity index is 896. The van der Waals surface area contributed by atoms with Crippen molar-refractivity contribution in [2.75, 3.05) is 26.3 Å². The van der Waals surface area contributed by atoms with Crippen molar-refractivity contribution in [1.29, 1.82) is 0 Å². The summed E-state index contributed by atoms with van der Waals surface area (Å²) in [5.41, 5.74) is 0.603. The molecule has 4 N–H and O–H groups in total. The summed E-state index contributed by atoms with van der Waals surface area (Å²) in [6.07, 6.45) is -6.04. The van der Waals surface area contributed by atoms with Gasteiger partial charge in [0.1, 0.15) is 12.2 Å². The van der Waals surface area contributed by atoms with Crippen LogP contribution in [0.1, 0.15) is 30.4 Å². The van der Waals surface area contributed by atoms with E-state index in [1.54, 1.807) is 35.2 Å². The van der Waals surface area contributed by atoms with Crippen LogP contribution >= 0.6 is 0 Å². The van der Waals surface area contributed by atoms with E-state index in [1.807, 2.05) is 6.07 Å². The molecule has 188 valence electrons. The van der Waals surface area contributed by atoms with Gasteiger partial charge in [0.2, 0.25) is 0 Å². The van der Waals surface area contributed by atoms with Crippen molar-refractivity contribution in [2.45, 2.75) is 56.4 Å². The van der Waals surface area contributed by atoms with Gasteiger partial charge in [-0.3, -0.25) is 4.90 Å². The molecule has 1 saturated heterocycles. The number of rotatable bonds is 10. The van der Waals surface area contributed by atoms with Crippen molar-refractivity contribution in [3.05, 3.63) is 59.7 Å². The zero-order valence-corrected chi connectivity index (χ0v) is 18.9. The van der Waals surface area contributed by atoms with Crippen molar-refractivity contribution in [1.82, 2.24) is 4.90 Å². The Morgan fingerprint density at radius 2 is 1.65 bits per heavy atom. The van der Waals surface area contributed by atoms with Crippen LogP contribution in [-0.2, 0) is 17.5 Å². The smallest absolute Gasteiger partial charge is 0.395 e. The molecule has 3 rings (SSSR count). The summed E-state index contributed by atoms with van der Waals surface area (Å²) in [5, 5.41) is 39.1. The number of likely N-dealkylation sites (tertiary alicyclic amines) is 1. The maximum atomic E-state index is 13.6. The zero-order valence-electron chi connectivity index (χ0n) is 18.9. The number of halogens is 3. The number of hydrogen-bond donors (Lipinski definition) is 4. The Kier molecular flexibility index (Phi) is 9.47.